The third-order valence-corrected chi connectivity index (χ3v) is 0.697. The van der Waals surface area contributed by atoms with Crippen molar-refractivity contribution in [3.8, 4) is 0 Å². The van der Waals surface area contributed by atoms with E-state index >= 15 is 0 Å². The molecule has 0 spiro atoms. The summed E-state index contributed by atoms with van der Waals surface area (Å²) in [6, 6.07) is 0. The monoisotopic (exact) mass is 98.0 g/mol. The molecule has 0 aromatic carbocycles. The fourth-order valence-electron chi connectivity index (χ4n) is 0.357. The van der Waals surface area contributed by atoms with Crippen molar-refractivity contribution in [2.45, 2.75) is 0 Å². The Bertz CT molecular complexity index is 127. The molecule has 0 aliphatic carbocycles. The standard InChI is InChI=1S/C3H4BFN2/c5-4-7-2-1-6-3-7/h1-4H. The molecule has 0 N–H and O–H groups in total. The topological polar surface area (TPSA) is 17.8 Å². The smallest absolute Gasteiger partial charge is 0.355 e. The van der Waals surface area contributed by atoms with Crippen molar-refractivity contribution in [2.24, 2.45) is 0 Å². The third-order valence-electron chi connectivity index (χ3n) is 0.697. The fourth-order valence-corrected chi connectivity index (χ4v) is 0.357. The predicted molar refractivity (Wildman–Crippen MR) is 25.9 cm³/mol. The Labute approximate surface area is 41.3 Å². The Kier molecular flexibility index (Phi) is 1.11. The normalized spacial score (nSPS) is 8.71. The number of imidazole rings is 1. The molecule has 1 aromatic heterocycles. The molecule has 0 unspecified atom stereocenters. The molecule has 0 saturated carbocycles. The maximum Gasteiger partial charge on any atom is 0.449 e. The van der Waals surface area contributed by atoms with Crippen molar-refractivity contribution in [3.63, 3.8) is 0 Å². The van der Waals surface area contributed by atoms with Gasteiger partial charge in [-0.2, -0.15) is 0 Å². The van der Waals surface area contributed by atoms with E-state index in [2.05, 4.69) is 4.98 Å². The molecule has 0 fully saturated rings. The summed E-state index contributed by atoms with van der Waals surface area (Å²) >= 11 is 0. The Balaban J connectivity index is 2.76. The lowest BCUT2D eigenvalue weighted by Crippen LogP contribution is -1.93. The van der Waals surface area contributed by atoms with Crippen molar-refractivity contribution >= 4 is 7.69 Å². The summed E-state index contributed by atoms with van der Waals surface area (Å²) in [7, 11) is -0.486. The van der Waals surface area contributed by atoms with Crippen LogP contribution >= 0.6 is 0 Å². The molecule has 0 radical (unpaired) electrons. The van der Waals surface area contributed by atoms with Gasteiger partial charge in [-0.15, -0.1) is 0 Å². The number of hydrogen-bond acceptors (Lipinski definition) is 1. The van der Waals surface area contributed by atoms with Crippen LogP contribution in [0.4, 0.5) is 4.32 Å². The second-order valence-corrected chi connectivity index (χ2v) is 1.20. The predicted octanol–water partition coefficient (Wildman–Crippen LogP) is -0.0328. The zero-order valence-electron chi connectivity index (χ0n) is 3.71. The highest BCUT2D eigenvalue weighted by Crippen LogP contribution is 1.78. The summed E-state index contributed by atoms with van der Waals surface area (Å²) < 4.78 is 12.8. The van der Waals surface area contributed by atoms with E-state index in [1.54, 1.807) is 12.4 Å². The summed E-state index contributed by atoms with van der Waals surface area (Å²) in [6.07, 6.45) is 4.54. The first-order chi connectivity index (χ1) is 3.43. The molecule has 0 amide bonds. The van der Waals surface area contributed by atoms with E-state index < -0.39 is 7.69 Å². The van der Waals surface area contributed by atoms with E-state index in [1.807, 2.05) is 0 Å². The molecule has 1 rings (SSSR count). The molecule has 2 nitrogen and oxygen atoms in total. The van der Waals surface area contributed by atoms with Gasteiger partial charge in [0.25, 0.3) is 0 Å². The highest BCUT2D eigenvalue weighted by Gasteiger charge is 1.84. The summed E-state index contributed by atoms with van der Waals surface area (Å²) in [5.41, 5.74) is 0. The van der Waals surface area contributed by atoms with E-state index in [-0.39, 0.29) is 0 Å². The van der Waals surface area contributed by atoms with E-state index in [1.165, 1.54) is 10.8 Å². The van der Waals surface area contributed by atoms with Gasteiger partial charge in [-0.25, -0.2) is 4.98 Å². The van der Waals surface area contributed by atoms with Crippen LogP contribution in [0, 0.1) is 0 Å². The molecule has 0 saturated heterocycles. The van der Waals surface area contributed by atoms with Gasteiger partial charge < -0.3 is 8.79 Å². The first kappa shape index (κ1) is 4.37. The Morgan fingerprint density at radius 3 is 2.86 bits per heavy atom. The van der Waals surface area contributed by atoms with Gasteiger partial charge in [-0.1, -0.05) is 0 Å². The molecule has 0 bridgehead atoms. The lowest BCUT2D eigenvalue weighted by molar-refractivity contribution is 0.833. The van der Waals surface area contributed by atoms with Gasteiger partial charge in [0.2, 0.25) is 0 Å². The van der Waals surface area contributed by atoms with Crippen LogP contribution in [0.3, 0.4) is 0 Å². The molecular formula is C3H4BFN2. The van der Waals surface area contributed by atoms with E-state index in [4.69, 9.17) is 0 Å². The molecule has 0 aliphatic rings. The maximum absolute atomic E-state index is 11.5. The number of rotatable bonds is 1. The summed E-state index contributed by atoms with van der Waals surface area (Å²) in [5.74, 6) is 0. The van der Waals surface area contributed by atoms with Crippen LogP contribution < -0.4 is 0 Å². The van der Waals surface area contributed by atoms with Gasteiger partial charge in [0, 0.05) is 12.4 Å². The van der Waals surface area contributed by atoms with E-state index in [9.17, 15) is 4.32 Å². The minimum atomic E-state index is -0.486. The van der Waals surface area contributed by atoms with E-state index in [0.717, 1.165) is 0 Å². The molecule has 4 heteroatoms. The van der Waals surface area contributed by atoms with Gasteiger partial charge in [-0.3, -0.25) is 0 Å². The second-order valence-electron chi connectivity index (χ2n) is 1.20. The zero-order valence-corrected chi connectivity index (χ0v) is 3.71. The summed E-state index contributed by atoms with van der Waals surface area (Å²) in [5, 5.41) is 0. The van der Waals surface area contributed by atoms with Crippen LogP contribution in [0.5, 0.6) is 0 Å². The molecule has 1 heterocycles. The summed E-state index contributed by atoms with van der Waals surface area (Å²) in [6.45, 7) is 0. The number of aromatic nitrogens is 2. The average Bonchev–Trinajstić information content (AvgIpc) is 2.14. The van der Waals surface area contributed by atoms with Gasteiger partial charge in [0.1, 0.15) is 0 Å². The maximum atomic E-state index is 11.5. The largest absolute Gasteiger partial charge is 0.449 e. The fraction of sp³-hybridized carbons (Fsp3) is 0. The summed E-state index contributed by atoms with van der Waals surface area (Å²) in [4.78, 5) is 3.62. The zero-order chi connectivity index (χ0) is 5.11. The first-order valence-corrected chi connectivity index (χ1v) is 1.95. The quantitative estimate of drug-likeness (QED) is 0.451. The Hall–Kier alpha value is -0.795. The number of hydrogen-bond donors (Lipinski definition) is 0. The van der Waals surface area contributed by atoms with Crippen LogP contribution in [0.25, 0.3) is 0 Å². The van der Waals surface area contributed by atoms with Crippen LogP contribution in [0.15, 0.2) is 18.7 Å². The van der Waals surface area contributed by atoms with Crippen molar-refractivity contribution in [3.05, 3.63) is 18.7 Å². The van der Waals surface area contributed by atoms with Gasteiger partial charge in [-0.05, 0) is 0 Å². The number of nitrogens with zero attached hydrogens (tertiary/aromatic N) is 2. The van der Waals surface area contributed by atoms with Crippen LogP contribution in [0.2, 0.25) is 0 Å². The van der Waals surface area contributed by atoms with Crippen molar-refractivity contribution in [1.82, 2.24) is 9.46 Å². The van der Waals surface area contributed by atoms with Crippen LogP contribution in [-0.2, 0) is 0 Å². The van der Waals surface area contributed by atoms with Gasteiger partial charge >= 0.3 is 7.69 Å². The molecule has 36 valence electrons. The average molecular weight is 97.9 g/mol. The van der Waals surface area contributed by atoms with Crippen molar-refractivity contribution in [1.29, 1.82) is 0 Å². The number of halogens is 1. The van der Waals surface area contributed by atoms with Crippen molar-refractivity contribution < 1.29 is 4.32 Å². The molecule has 0 atom stereocenters. The van der Waals surface area contributed by atoms with Gasteiger partial charge in [0.05, 0.1) is 6.33 Å². The van der Waals surface area contributed by atoms with E-state index in [0.29, 0.717) is 0 Å². The minimum Gasteiger partial charge on any atom is -0.355 e. The highest BCUT2D eigenvalue weighted by molar-refractivity contribution is 6.23. The molecule has 7 heavy (non-hydrogen) atoms. The molecule has 0 aliphatic heterocycles. The minimum absolute atomic E-state index is 0.486. The van der Waals surface area contributed by atoms with Gasteiger partial charge in [0.15, 0.2) is 0 Å². The van der Waals surface area contributed by atoms with Crippen LogP contribution in [0.1, 0.15) is 0 Å². The Morgan fingerprint density at radius 2 is 2.57 bits per heavy atom. The molecule has 1 aromatic rings. The highest BCUT2D eigenvalue weighted by atomic mass is 19.1. The van der Waals surface area contributed by atoms with Crippen LogP contribution in [-0.4, -0.2) is 17.2 Å². The third kappa shape index (κ3) is 0.794. The first-order valence-electron chi connectivity index (χ1n) is 1.95. The lowest BCUT2D eigenvalue weighted by Gasteiger charge is -1.81. The second kappa shape index (κ2) is 1.77. The Morgan fingerprint density at radius 1 is 1.71 bits per heavy atom. The SMILES string of the molecule is FBn1ccnc1. The van der Waals surface area contributed by atoms with Crippen molar-refractivity contribution in [2.75, 3.05) is 0 Å². The molecular weight excluding hydrogens is 93.9 g/mol. The lowest BCUT2D eigenvalue weighted by atomic mass is 10.3.